The Balaban J connectivity index is 0.000000142. The summed E-state index contributed by atoms with van der Waals surface area (Å²) in [5.74, 6) is 1.24. The molecule has 164 valence electrons. The number of hydrogen-bond acceptors (Lipinski definition) is 6. The van der Waals surface area contributed by atoms with E-state index in [0.29, 0.717) is 11.9 Å². The quantitative estimate of drug-likeness (QED) is 0.315. The minimum atomic E-state index is 0.620. The average molecular weight is 443 g/mol. The van der Waals surface area contributed by atoms with Crippen LogP contribution in [0.2, 0.25) is 0 Å². The molecule has 2 heterocycles. The van der Waals surface area contributed by atoms with Crippen LogP contribution in [-0.2, 0) is 0 Å². The molecule has 0 atom stereocenters. The Kier molecular flexibility index (Phi) is 6.30. The highest BCUT2D eigenvalue weighted by atomic mass is 15.1. The molecule has 6 nitrogen and oxygen atoms in total. The number of fused-ring (bicyclic) bond motifs is 2. The molecule has 0 aliphatic rings. The minimum Gasteiger partial charge on any atom is -0.324 e. The first-order valence-electron chi connectivity index (χ1n) is 10.9. The molecule has 0 saturated carbocycles. The second kappa shape index (κ2) is 10.2. The summed E-state index contributed by atoms with van der Waals surface area (Å²) in [6.07, 6.45) is 3.65. The van der Waals surface area contributed by atoms with E-state index in [-0.39, 0.29) is 0 Å². The molecule has 34 heavy (non-hydrogen) atoms. The molecule has 0 radical (unpaired) electrons. The van der Waals surface area contributed by atoms with Gasteiger partial charge in [0.05, 0.1) is 11.0 Å². The van der Waals surface area contributed by atoms with Crippen molar-refractivity contribution in [2.75, 3.05) is 10.6 Å². The first kappa shape index (κ1) is 21.0. The lowest BCUT2D eigenvalue weighted by Crippen LogP contribution is -1.96. The summed E-state index contributed by atoms with van der Waals surface area (Å²) in [6, 6.07) is 35.7. The highest BCUT2D eigenvalue weighted by Crippen LogP contribution is 2.17. The van der Waals surface area contributed by atoms with Gasteiger partial charge in [0.2, 0.25) is 11.9 Å². The zero-order chi connectivity index (χ0) is 23.0. The van der Waals surface area contributed by atoms with E-state index in [4.69, 9.17) is 0 Å². The summed E-state index contributed by atoms with van der Waals surface area (Å²) in [5.41, 5.74) is 3.87. The molecule has 0 aliphatic heterocycles. The van der Waals surface area contributed by atoms with Crippen molar-refractivity contribution in [2.24, 2.45) is 0 Å². The Hall–Kier alpha value is -4.84. The van der Waals surface area contributed by atoms with E-state index in [1.54, 1.807) is 0 Å². The van der Waals surface area contributed by atoms with Crippen LogP contribution in [0.15, 0.2) is 122 Å². The van der Waals surface area contributed by atoms with Crippen LogP contribution in [-0.4, -0.2) is 19.9 Å². The Morgan fingerprint density at radius 3 is 1.24 bits per heavy atom. The summed E-state index contributed by atoms with van der Waals surface area (Å²) in [4.78, 5) is 17.5. The lowest BCUT2D eigenvalue weighted by atomic mass is 10.2. The van der Waals surface area contributed by atoms with Crippen LogP contribution in [0.5, 0.6) is 0 Å². The van der Waals surface area contributed by atoms with Crippen molar-refractivity contribution in [2.45, 2.75) is 0 Å². The minimum absolute atomic E-state index is 0.620. The molecule has 0 saturated heterocycles. The predicted octanol–water partition coefficient (Wildman–Crippen LogP) is 6.75. The van der Waals surface area contributed by atoms with E-state index in [9.17, 15) is 0 Å². The first-order valence-corrected chi connectivity index (χ1v) is 10.9. The molecule has 0 fully saturated rings. The number of hydrogen-bond donors (Lipinski definition) is 2. The van der Waals surface area contributed by atoms with E-state index in [0.717, 1.165) is 33.2 Å². The number of nitrogens with zero attached hydrogens (tertiary/aromatic N) is 4. The predicted molar refractivity (Wildman–Crippen MR) is 139 cm³/mol. The van der Waals surface area contributed by atoms with Crippen molar-refractivity contribution < 1.29 is 0 Å². The van der Waals surface area contributed by atoms with Gasteiger partial charge in [0.1, 0.15) is 0 Å². The highest BCUT2D eigenvalue weighted by molar-refractivity contribution is 5.79. The fourth-order valence-electron chi connectivity index (χ4n) is 3.37. The second-order valence-corrected chi connectivity index (χ2v) is 7.49. The third-order valence-electron chi connectivity index (χ3n) is 5.04. The molecule has 0 bridgehead atoms. The van der Waals surface area contributed by atoms with Gasteiger partial charge in [-0.2, -0.15) is 0 Å². The molecule has 2 aromatic heterocycles. The van der Waals surface area contributed by atoms with Crippen LogP contribution in [0.3, 0.4) is 0 Å². The van der Waals surface area contributed by atoms with Crippen LogP contribution in [0.1, 0.15) is 0 Å². The Morgan fingerprint density at radius 2 is 0.794 bits per heavy atom. The Morgan fingerprint density at radius 1 is 0.412 bits per heavy atom. The van der Waals surface area contributed by atoms with Crippen LogP contribution in [0.25, 0.3) is 21.8 Å². The molecular weight excluding hydrogens is 420 g/mol. The molecule has 0 spiro atoms. The van der Waals surface area contributed by atoms with Gasteiger partial charge in [0, 0.05) is 34.5 Å². The Bertz CT molecular complexity index is 1390. The van der Waals surface area contributed by atoms with E-state index in [2.05, 4.69) is 30.6 Å². The zero-order valence-corrected chi connectivity index (χ0v) is 18.3. The van der Waals surface area contributed by atoms with Crippen LogP contribution < -0.4 is 10.6 Å². The van der Waals surface area contributed by atoms with Crippen molar-refractivity contribution in [3.8, 4) is 0 Å². The summed E-state index contributed by atoms with van der Waals surface area (Å²) >= 11 is 0. The molecule has 6 rings (SSSR count). The maximum absolute atomic E-state index is 4.45. The molecule has 4 aromatic carbocycles. The monoisotopic (exact) mass is 442 g/mol. The molecule has 6 aromatic rings. The van der Waals surface area contributed by atoms with Crippen LogP contribution in [0, 0.1) is 0 Å². The molecule has 0 unspecified atom stereocenters. The topological polar surface area (TPSA) is 75.6 Å². The first-order chi connectivity index (χ1) is 16.8. The number of anilines is 4. The fraction of sp³-hybridized carbons (Fsp3) is 0. The average Bonchev–Trinajstić information content (AvgIpc) is 2.90. The summed E-state index contributed by atoms with van der Waals surface area (Å²) in [7, 11) is 0. The molecule has 0 amide bonds. The largest absolute Gasteiger partial charge is 0.324 e. The van der Waals surface area contributed by atoms with Crippen molar-refractivity contribution in [3.63, 3.8) is 0 Å². The van der Waals surface area contributed by atoms with E-state index >= 15 is 0 Å². The standard InChI is InChI=1S/2C14H11N3/c2*1-2-7-12(8-3-1)16-14-15-10-11-6-4-5-9-13(11)17-14/h2*1-10H,(H,15,16,17). The number of aromatic nitrogens is 4. The molecule has 2 N–H and O–H groups in total. The SMILES string of the molecule is c1ccc(Nc2ncc3ccccc3n2)cc1.c1ccc(Nc2ncc3ccccc3n2)cc1. The van der Waals surface area contributed by atoms with Crippen molar-refractivity contribution in [1.29, 1.82) is 0 Å². The zero-order valence-electron chi connectivity index (χ0n) is 18.3. The van der Waals surface area contributed by atoms with Gasteiger partial charge in [0.25, 0.3) is 0 Å². The van der Waals surface area contributed by atoms with Gasteiger partial charge in [-0.1, -0.05) is 72.8 Å². The number of nitrogens with one attached hydrogen (secondary N) is 2. The number of benzene rings is 4. The summed E-state index contributed by atoms with van der Waals surface area (Å²) in [5, 5.41) is 8.44. The van der Waals surface area contributed by atoms with Gasteiger partial charge in [-0.3, -0.25) is 0 Å². The van der Waals surface area contributed by atoms with Gasteiger partial charge in [-0.05, 0) is 36.4 Å². The lowest BCUT2D eigenvalue weighted by Gasteiger charge is -2.04. The van der Waals surface area contributed by atoms with Gasteiger partial charge in [0.15, 0.2) is 0 Å². The maximum atomic E-state index is 4.45. The van der Waals surface area contributed by atoms with Crippen molar-refractivity contribution >= 4 is 45.1 Å². The molecular formula is C28H22N6. The van der Waals surface area contributed by atoms with Gasteiger partial charge in [-0.15, -0.1) is 0 Å². The highest BCUT2D eigenvalue weighted by Gasteiger charge is 2.00. The normalized spacial score (nSPS) is 10.4. The van der Waals surface area contributed by atoms with Crippen molar-refractivity contribution in [3.05, 3.63) is 122 Å². The molecule has 6 heteroatoms. The Labute approximate surface area is 197 Å². The van der Waals surface area contributed by atoms with Crippen LogP contribution in [0.4, 0.5) is 23.3 Å². The van der Waals surface area contributed by atoms with E-state index < -0.39 is 0 Å². The van der Waals surface area contributed by atoms with Gasteiger partial charge < -0.3 is 10.6 Å². The van der Waals surface area contributed by atoms with Crippen LogP contribution >= 0.6 is 0 Å². The van der Waals surface area contributed by atoms with Gasteiger partial charge >= 0.3 is 0 Å². The fourth-order valence-corrected chi connectivity index (χ4v) is 3.37. The van der Waals surface area contributed by atoms with E-state index in [1.165, 1.54) is 0 Å². The third-order valence-corrected chi connectivity index (χ3v) is 5.04. The molecule has 0 aliphatic carbocycles. The number of para-hydroxylation sites is 4. The second-order valence-electron chi connectivity index (χ2n) is 7.49. The van der Waals surface area contributed by atoms with E-state index in [1.807, 2.05) is 122 Å². The maximum Gasteiger partial charge on any atom is 0.227 e. The lowest BCUT2D eigenvalue weighted by molar-refractivity contribution is 1.21. The van der Waals surface area contributed by atoms with Gasteiger partial charge in [-0.25, -0.2) is 19.9 Å². The third kappa shape index (κ3) is 5.31. The number of rotatable bonds is 4. The summed E-state index contributed by atoms with van der Waals surface area (Å²) < 4.78 is 0. The summed E-state index contributed by atoms with van der Waals surface area (Å²) in [6.45, 7) is 0. The van der Waals surface area contributed by atoms with Crippen molar-refractivity contribution in [1.82, 2.24) is 19.9 Å². The smallest absolute Gasteiger partial charge is 0.227 e.